The van der Waals surface area contributed by atoms with Crippen LogP contribution < -0.4 is 11.1 Å². The van der Waals surface area contributed by atoms with Crippen molar-refractivity contribution in [2.45, 2.75) is 0 Å². The molecule has 0 saturated carbocycles. The fourth-order valence-electron chi connectivity index (χ4n) is 1.29. The Morgan fingerprint density at radius 1 is 1.17 bits per heavy atom. The number of nitrogens with two attached hydrogens (primary N) is 1. The van der Waals surface area contributed by atoms with Crippen molar-refractivity contribution in [1.29, 1.82) is 5.26 Å². The second-order valence-corrected chi connectivity index (χ2v) is 3.49. The van der Waals surface area contributed by atoms with Gasteiger partial charge in [-0.3, -0.25) is 4.79 Å². The molecule has 3 N–H and O–H groups in total. The number of nitriles is 1. The summed E-state index contributed by atoms with van der Waals surface area (Å²) in [6.45, 7) is 0. The standard InChI is InChI=1S/C12H9N5O/c13-7-8-1-3-9(4-2-8)15-12(18)10-5-6-11(14)17-16-10/h1-6H,(H2,14,17)(H,15,18). The molecule has 0 spiro atoms. The van der Waals surface area contributed by atoms with Crippen LogP contribution >= 0.6 is 0 Å². The highest BCUT2D eigenvalue weighted by Gasteiger charge is 2.07. The van der Waals surface area contributed by atoms with E-state index in [-0.39, 0.29) is 17.4 Å². The number of hydrogen-bond donors (Lipinski definition) is 2. The van der Waals surface area contributed by atoms with Crippen LogP contribution in [0.25, 0.3) is 0 Å². The average Bonchev–Trinajstić information content (AvgIpc) is 2.40. The van der Waals surface area contributed by atoms with Gasteiger partial charge in [-0.15, -0.1) is 10.2 Å². The van der Waals surface area contributed by atoms with Crippen molar-refractivity contribution in [3.63, 3.8) is 0 Å². The Morgan fingerprint density at radius 2 is 1.89 bits per heavy atom. The minimum atomic E-state index is -0.382. The zero-order valence-electron chi connectivity index (χ0n) is 9.29. The maximum Gasteiger partial charge on any atom is 0.276 e. The van der Waals surface area contributed by atoms with Gasteiger partial charge in [0, 0.05) is 5.69 Å². The van der Waals surface area contributed by atoms with E-state index < -0.39 is 0 Å². The molecule has 0 saturated heterocycles. The van der Waals surface area contributed by atoms with E-state index in [1.54, 1.807) is 24.3 Å². The molecular weight excluding hydrogens is 230 g/mol. The third-order valence-corrected chi connectivity index (χ3v) is 2.19. The van der Waals surface area contributed by atoms with Crippen molar-refractivity contribution < 1.29 is 4.79 Å². The van der Waals surface area contributed by atoms with E-state index in [9.17, 15) is 4.79 Å². The molecule has 0 aliphatic rings. The van der Waals surface area contributed by atoms with Crippen molar-refractivity contribution >= 4 is 17.4 Å². The summed E-state index contributed by atoms with van der Waals surface area (Å²) in [7, 11) is 0. The first kappa shape index (κ1) is 11.5. The van der Waals surface area contributed by atoms with Crippen LogP contribution in [0.2, 0.25) is 0 Å². The fourth-order valence-corrected chi connectivity index (χ4v) is 1.29. The molecule has 1 aromatic carbocycles. The van der Waals surface area contributed by atoms with E-state index in [1.165, 1.54) is 12.1 Å². The van der Waals surface area contributed by atoms with Gasteiger partial charge >= 0.3 is 0 Å². The molecule has 6 nitrogen and oxygen atoms in total. The van der Waals surface area contributed by atoms with E-state index in [1.807, 2.05) is 6.07 Å². The van der Waals surface area contributed by atoms with Gasteiger partial charge in [-0.25, -0.2) is 0 Å². The summed E-state index contributed by atoms with van der Waals surface area (Å²) in [6, 6.07) is 11.5. The maximum absolute atomic E-state index is 11.8. The van der Waals surface area contributed by atoms with Gasteiger partial charge in [0.05, 0.1) is 11.6 Å². The lowest BCUT2D eigenvalue weighted by molar-refractivity contribution is 0.102. The Labute approximate surface area is 103 Å². The first-order valence-corrected chi connectivity index (χ1v) is 5.10. The number of amides is 1. The Balaban J connectivity index is 2.11. The van der Waals surface area contributed by atoms with Crippen LogP contribution in [0, 0.1) is 11.3 Å². The fraction of sp³-hybridized carbons (Fsp3) is 0. The van der Waals surface area contributed by atoms with Gasteiger partial charge in [-0.2, -0.15) is 5.26 Å². The molecule has 0 bridgehead atoms. The summed E-state index contributed by atoms with van der Waals surface area (Å²) >= 11 is 0. The molecule has 0 aliphatic heterocycles. The second kappa shape index (κ2) is 4.93. The summed E-state index contributed by atoms with van der Waals surface area (Å²) in [4.78, 5) is 11.8. The number of rotatable bonds is 2. The van der Waals surface area contributed by atoms with Crippen molar-refractivity contribution in [3.05, 3.63) is 47.7 Å². The summed E-state index contributed by atoms with van der Waals surface area (Å²) < 4.78 is 0. The smallest absolute Gasteiger partial charge is 0.276 e. The Kier molecular flexibility index (Phi) is 3.16. The zero-order valence-corrected chi connectivity index (χ0v) is 9.29. The molecule has 1 aromatic heterocycles. The molecule has 2 aromatic rings. The number of benzene rings is 1. The minimum absolute atomic E-state index is 0.175. The first-order chi connectivity index (χ1) is 8.69. The molecule has 0 aliphatic carbocycles. The molecule has 1 heterocycles. The van der Waals surface area contributed by atoms with Gasteiger partial charge in [0.15, 0.2) is 5.69 Å². The number of carbonyl (C=O) groups is 1. The van der Waals surface area contributed by atoms with E-state index in [2.05, 4.69) is 15.5 Å². The van der Waals surface area contributed by atoms with Crippen LogP contribution in [0.5, 0.6) is 0 Å². The number of nitrogens with zero attached hydrogens (tertiary/aromatic N) is 3. The molecule has 0 unspecified atom stereocenters. The molecule has 6 heteroatoms. The van der Waals surface area contributed by atoms with Crippen molar-refractivity contribution in [2.24, 2.45) is 0 Å². The number of aromatic nitrogens is 2. The quantitative estimate of drug-likeness (QED) is 0.818. The van der Waals surface area contributed by atoms with Gasteiger partial charge in [-0.1, -0.05) is 0 Å². The first-order valence-electron chi connectivity index (χ1n) is 5.10. The topological polar surface area (TPSA) is 105 Å². The van der Waals surface area contributed by atoms with Gasteiger partial charge < -0.3 is 11.1 Å². The zero-order chi connectivity index (χ0) is 13.0. The van der Waals surface area contributed by atoms with E-state index >= 15 is 0 Å². The van der Waals surface area contributed by atoms with Crippen LogP contribution in [0.1, 0.15) is 16.1 Å². The molecule has 1 amide bonds. The molecule has 0 radical (unpaired) electrons. The van der Waals surface area contributed by atoms with E-state index in [4.69, 9.17) is 11.0 Å². The number of nitrogens with one attached hydrogen (secondary N) is 1. The summed E-state index contributed by atoms with van der Waals surface area (Å²) in [5, 5.41) is 18.5. The predicted octanol–water partition coefficient (Wildman–Crippen LogP) is 1.18. The molecule has 2 rings (SSSR count). The van der Waals surface area contributed by atoms with Gasteiger partial charge in [0.1, 0.15) is 5.82 Å². The lowest BCUT2D eigenvalue weighted by Crippen LogP contribution is -2.14. The summed E-state index contributed by atoms with van der Waals surface area (Å²) in [5.74, 6) is -0.128. The SMILES string of the molecule is N#Cc1ccc(NC(=O)c2ccc(N)nn2)cc1. The van der Waals surface area contributed by atoms with Crippen molar-refractivity contribution in [3.8, 4) is 6.07 Å². The Bertz CT molecular complexity index is 598. The summed E-state index contributed by atoms with van der Waals surface area (Å²) in [6.07, 6.45) is 0. The van der Waals surface area contributed by atoms with E-state index in [0.717, 1.165) is 0 Å². The summed E-state index contributed by atoms with van der Waals surface area (Å²) in [5.41, 5.74) is 6.66. The van der Waals surface area contributed by atoms with Crippen LogP contribution in [0.15, 0.2) is 36.4 Å². The minimum Gasteiger partial charge on any atom is -0.382 e. The van der Waals surface area contributed by atoms with Gasteiger partial charge in [0.2, 0.25) is 0 Å². The Morgan fingerprint density at radius 3 is 2.44 bits per heavy atom. The van der Waals surface area contributed by atoms with Crippen LogP contribution in [0.4, 0.5) is 11.5 Å². The lowest BCUT2D eigenvalue weighted by atomic mass is 10.2. The molecule has 18 heavy (non-hydrogen) atoms. The predicted molar refractivity (Wildman–Crippen MR) is 65.6 cm³/mol. The largest absolute Gasteiger partial charge is 0.382 e. The number of carbonyl (C=O) groups excluding carboxylic acids is 1. The number of nitrogen functional groups attached to an aromatic ring is 1. The average molecular weight is 239 g/mol. The third kappa shape index (κ3) is 2.59. The second-order valence-electron chi connectivity index (χ2n) is 3.49. The highest BCUT2D eigenvalue weighted by Crippen LogP contribution is 2.10. The highest BCUT2D eigenvalue weighted by atomic mass is 16.1. The number of hydrogen-bond acceptors (Lipinski definition) is 5. The maximum atomic E-state index is 11.8. The molecule has 88 valence electrons. The number of anilines is 2. The monoisotopic (exact) mass is 239 g/mol. The Hall–Kier alpha value is -2.94. The van der Waals surface area contributed by atoms with Gasteiger partial charge in [0.25, 0.3) is 5.91 Å². The van der Waals surface area contributed by atoms with Crippen LogP contribution in [-0.4, -0.2) is 16.1 Å². The molecule has 0 fully saturated rings. The van der Waals surface area contributed by atoms with E-state index in [0.29, 0.717) is 11.3 Å². The molecule has 0 atom stereocenters. The normalized spacial score (nSPS) is 9.50. The highest BCUT2D eigenvalue weighted by molar-refractivity contribution is 6.02. The van der Waals surface area contributed by atoms with Crippen LogP contribution in [0.3, 0.4) is 0 Å². The van der Waals surface area contributed by atoms with Crippen LogP contribution in [-0.2, 0) is 0 Å². The lowest BCUT2D eigenvalue weighted by Gasteiger charge is -2.03. The van der Waals surface area contributed by atoms with Crippen molar-refractivity contribution in [1.82, 2.24) is 10.2 Å². The third-order valence-electron chi connectivity index (χ3n) is 2.19. The molecular formula is C12H9N5O. The van der Waals surface area contributed by atoms with Crippen molar-refractivity contribution in [2.75, 3.05) is 11.1 Å². The van der Waals surface area contributed by atoms with Gasteiger partial charge in [-0.05, 0) is 36.4 Å².